The molecule has 8 nitrogen and oxygen atoms in total. The third-order valence-corrected chi connectivity index (χ3v) is 7.19. The van der Waals surface area contributed by atoms with Crippen LogP contribution in [0.15, 0.2) is 72.9 Å². The van der Waals surface area contributed by atoms with Crippen LogP contribution in [0, 0.1) is 0 Å². The van der Waals surface area contributed by atoms with Crippen molar-refractivity contribution in [3.8, 4) is 5.75 Å². The fourth-order valence-corrected chi connectivity index (χ4v) is 5.16. The number of hydrogen-bond donors (Lipinski definition) is 0. The third-order valence-electron chi connectivity index (χ3n) is 6.86. The molecule has 9 heteroatoms. The predicted molar refractivity (Wildman–Crippen MR) is 164 cm³/mol. The Bertz CT molecular complexity index is 1650. The molecule has 2 aromatic carbocycles. The van der Waals surface area contributed by atoms with E-state index in [0.29, 0.717) is 47.4 Å². The molecule has 0 radical (unpaired) electrons. The van der Waals surface area contributed by atoms with Crippen LogP contribution in [0.3, 0.4) is 0 Å². The van der Waals surface area contributed by atoms with Crippen LogP contribution >= 0.6 is 11.6 Å². The average Bonchev–Trinajstić information content (AvgIpc) is 3.38. The Kier molecular flexibility index (Phi) is 8.54. The van der Waals surface area contributed by atoms with Gasteiger partial charge < -0.3 is 18.8 Å². The lowest BCUT2D eigenvalue weighted by Crippen LogP contribution is -2.40. The number of ether oxygens (including phenoxy) is 3. The normalized spacial score (nSPS) is 13.5. The van der Waals surface area contributed by atoms with Gasteiger partial charge in [0.05, 0.1) is 24.9 Å². The fourth-order valence-electron chi connectivity index (χ4n) is 4.92. The molecule has 0 saturated heterocycles. The molecule has 0 N–H and O–H groups in total. The molecule has 0 aliphatic carbocycles. The monoisotopic (exact) mass is 587 g/mol. The van der Waals surface area contributed by atoms with Gasteiger partial charge in [0.15, 0.2) is 0 Å². The summed E-state index contributed by atoms with van der Waals surface area (Å²) in [6.45, 7) is 6.58. The quantitative estimate of drug-likeness (QED) is 0.170. The first kappa shape index (κ1) is 29.2. The number of rotatable bonds is 7. The van der Waals surface area contributed by atoms with E-state index in [4.69, 9.17) is 30.8 Å². The van der Waals surface area contributed by atoms with E-state index in [1.807, 2.05) is 86.1 Å². The maximum absolute atomic E-state index is 12.8. The second kappa shape index (κ2) is 12.3. The largest absolute Gasteiger partial charge is 0.493 e. The Morgan fingerprint density at radius 1 is 1.07 bits per heavy atom. The number of carbonyl (C=O) groups excluding carboxylic acids is 2. The van der Waals surface area contributed by atoms with Crippen molar-refractivity contribution in [2.45, 2.75) is 45.6 Å². The van der Waals surface area contributed by atoms with E-state index < -0.39 is 11.6 Å². The van der Waals surface area contributed by atoms with E-state index in [9.17, 15) is 9.59 Å². The molecular formula is C33H34ClN3O5. The van der Waals surface area contributed by atoms with Gasteiger partial charge in [-0.15, -0.1) is 0 Å². The van der Waals surface area contributed by atoms with E-state index in [-0.39, 0.29) is 6.09 Å². The number of nitrogens with zero attached hydrogens (tertiary/aromatic N) is 3. The minimum Gasteiger partial charge on any atom is -0.493 e. The highest BCUT2D eigenvalue weighted by molar-refractivity contribution is 6.32. The van der Waals surface area contributed by atoms with Crippen LogP contribution in [-0.4, -0.2) is 47.5 Å². The van der Waals surface area contributed by atoms with Crippen LogP contribution < -0.4 is 9.64 Å². The van der Waals surface area contributed by atoms with Gasteiger partial charge >= 0.3 is 12.1 Å². The van der Waals surface area contributed by atoms with Crippen molar-refractivity contribution in [2.24, 2.45) is 0 Å². The molecule has 0 fully saturated rings. The Morgan fingerprint density at radius 2 is 1.88 bits per heavy atom. The van der Waals surface area contributed by atoms with Crippen LogP contribution in [0.25, 0.3) is 16.6 Å². The maximum Gasteiger partial charge on any atom is 0.416 e. The molecule has 1 amide bonds. The fraction of sp³-hybridized carbons (Fsp3) is 0.303. The van der Waals surface area contributed by atoms with E-state index in [0.717, 1.165) is 35.0 Å². The number of benzene rings is 2. The lowest BCUT2D eigenvalue weighted by Gasteiger charge is -2.31. The number of carbonyl (C=O) groups is 2. The molecule has 4 aromatic rings. The number of fused-ring (bicyclic) bond motifs is 2. The number of methoxy groups -OCH3 is 1. The molecule has 3 heterocycles. The van der Waals surface area contributed by atoms with E-state index in [1.54, 1.807) is 11.0 Å². The first-order chi connectivity index (χ1) is 20.1. The van der Waals surface area contributed by atoms with Gasteiger partial charge in [0.1, 0.15) is 17.2 Å². The average molecular weight is 588 g/mol. The maximum atomic E-state index is 12.8. The molecule has 218 valence electrons. The summed E-state index contributed by atoms with van der Waals surface area (Å²) in [5.41, 5.74) is 3.52. The SMILES string of the molecule is COC(=O)/C=C(/c1ccccc1Cl)n1ccc2cc(OCCc3ccc4c(n3)N(C(=O)OC(C)(C)C)CCC4)ccc21. The summed E-state index contributed by atoms with van der Waals surface area (Å²) >= 11 is 6.48. The zero-order chi connectivity index (χ0) is 29.9. The third kappa shape index (κ3) is 6.60. The van der Waals surface area contributed by atoms with Crippen molar-refractivity contribution in [1.29, 1.82) is 0 Å². The van der Waals surface area contributed by atoms with E-state index in [1.165, 1.54) is 13.2 Å². The van der Waals surface area contributed by atoms with Crippen LogP contribution in [0.2, 0.25) is 5.02 Å². The van der Waals surface area contributed by atoms with Gasteiger partial charge in [-0.25, -0.2) is 14.6 Å². The molecule has 2 aromatic heterocycles. The van der Waals surface area contributed by atoms with Gasteiger partial charge in [0, 0.05) is 46.9 Å². The lowest BCUT2D eigenvalue weighted by molar-refractivity contribution is -0.134. The molecule has 5 rings (SSSR count). The van der Waals surface area contributed by atoms with Crippen molar-refractivity contribution in [2.75, 3.05) is 25.2 Å². The molecule has 0 atom stereocenters. The van der Waals surface area contributed by atoms with Crippen molar-refractivity contribution in [3.05, 3.63) is 94.8 Å². The zero-order valence-corrected chi connectivity index (χ0v) is 25.0. The number of halogens is 1. The molecule has 1 aliphatic rings. The Hall–Kier alpha value is -4.30. The molecule has 0 unspecified atom stereocenters. The summed E-state index contributed by atoms with van der Waals surface area (Å²) in [4.78, 5) is 31.5. The van der Waals surface area contributed by atoms with Gasteiger partial charge in [-0.3, -0.25) is 4.90 Å². The van der Waals surface area contributed by atoms with E-state index in [2.05, 4.69) is 0 Å². The number of aromatic nitrogens is 2. The summed E-state index contributed by atoms with van der Waals surface area (Å²) in [6, 6.07) is 19.2. The van der Waals surface area contributed by atoms with Gasteiger partial charge in [-0.1, -0.05) is 35.9 Å². The van der Waals surface area contributed by atoms with Gasteiger partial charge in [0.2, 0.25) is 0 Å². The van der Waals surface area contributed by atoms with Crippen LogP contribution in [0.1, 0.15) is 44.0 Å². The Morgan fingerprint density at radius 3 is 2.64 bits per heavy atom. The number of aryl methyl sites for hydroxylation is 1. The minimum absolute atomic E-state index is 0.372. The van der Waals surface area contributed by atoms with E-state index >= 15 is 0 Å². The number of hydrogen-bond acceptors (Lipinski definition) is 6. The first-order valence-electron chi connectivity index (χ1n) is 13.9. The van der Waals surface area contributed by atoms with Crippen molar-refractivity contribution in [1.82, 2.24) is 9.55 Å². The molecule has 0 saturated carbocycles. The van der Waals surface area contributed by atoms with Crippen molar-refractivity contribution >= 4 is 46.1 Å². The summed E-state index contributed by atoms with van der Waals surface area (Å²) in [6.07, 6.45) is 5.28. The predicted octanol–water partition coefficient (Wildman–Crippen LogP) is 7.06. The van der Waals surface area contributed by atoms with Gasteiger partial charge in [-0.05, 0) is 75.6 Å². The molecule has 42 heavy (non-hydrogen) atoms. The number of amides is 1. The second-order valence-corrected chi connectivity index (χ2v) is 11.5. The Labute approximate surface area is 250 Å². The smallest absolute Gasteiger partial charge is 0.416 e. The number of pyridine rings is 1. The summed E-state index contributed by atoms with van der Waals surface area (Å²) in [5, 5.41) is 1.47. The summed E-state index contributed by atoms with van der Waals surface area (Å²) in [7, 11) is 1.34. The zero-order valence-electron chi connectivity index (χ0n) is 24.2. The molecule has 0 bridgehead atoms. The van der Waals surface area contributed by atoms with Crippen LogP contribution in [0.4, 0.5) is 10.6 Å². The Balaban J connectivity index is 1.31. The molecular weight excluding hydrogens is 554 g/mol. The van der Waals surface area contributed by atoms with Gasteiger partial charge in [0.25, 0.3) is 0 Å². The topological polar surface area (TPSA) is 82.9 Å². The minimum atomic E-state index is -0.573. The van der Waals surface area contributed by atoms with Crippen molar-refractivity contribution in [3.63, 3.8) is 0 Å². The highest BCUT2D eigenvalue weighted by Crippen LogP contribution is 2.31. The van der Waals surface area contributed by atoms with Crippen LogP contribution in [-0.2, 0) is 27.1 Å². The molecule has 1 aliphatic heterocycles. The highest BCUT2D eigenvalue weighted by Gasteiger charge is 2.28. The highest BCUT2D eigenvalue weighted by atomic mass is 35.5. The summed E-state index contributed by atoms with van der Waals surface area (Å²) in [5.74, 6) is 0.909. The second-order valence-electron chi connectivity index (χ2n) is 11.1. The lowest BCUT2D eigenvalue weighted by atomic mass is 10.1. The standard InChI is InChI=1S/C33H34ClN3O5/c1-33(2,3)42-32(39)37-17-7-8-22-11-12-24(35-31(22)37)16-19-41-25-13-14-28-23(20-25)15-18-36(28)29(21-30(38)40-4)26-9-5-6-10-27(26)34/h5-6,9-15,18,20-21H,7-8,16-17,19H2,1-4H3/b29-21-. The number of anilines is 1. The van der Waals surface area contributed by atoms with Gasteiger partial charge in [-0.2, -0.15) is 0 Å². The summed E-state index contributed by atoms with van der Waals surface area (Å²) < 4.78 is 18.5. The van der Waals surface area contributed by atoms with Crippen LogP contribution in [0.5, 0.6) is 5.75 Å². The molecule has 0 spiro atoms. The van der Waals surface area contributed by atoms with Crippen molar-refractivity contribution < 1.29 is 23.8 Å². The number of esters is 1. The first-order valence-corrected chi connectivity index (χ1v) is 14.3.